The molecule has 2 aliphatic rings. The van der Waals surface area contributed by atoms with E-state index in [4.69, 9.17) is 18.6 Å². The van der Waals surface area contributed by atoms with Crippen molar-refractivity contribution in [2.45, 2.75) is 181 Å². The molecule has 47 heavy (non-hydrogen) atoms. The Bertz CT molecular complexity index is 1430. The van der Waals surface area contributed by atoms with Crippen molar-refractivity contribution < 1.29 is 18.6 Å². The maximum Gasteiger partial charge on any atom is 0.494 e. The molecule has 0 aliphatic carbocycles. The number of hydrogen-bond acceptors (Lipinski definition) is 4. The lowest BCUT2D eigenvalue weighted by molar-refractivity contribution is 0.00578. The van der Waals surface area contributed by atoms with Crippen molar-refractivity contribution in [3.8, 4) is 0 Å². The number of fused-ring (bicyclic) bond motifs is 3. The van der Waals surface area contributed by atoms with Crippen LogP contribution in [0.5, 0.6) is 0 Å². The fraction of sp³-hybridized carbons (Fsp3) is 0.700. The molecule has 0 N–H and O–H groups in total. The van der Waals surface area contributed by atoms with Crippen LogP contribution in [0.4, 0.5) is 0 Å². The van der Waals surface area contributed by atoms with E-state index in [1.807, 2.05) is 0 Å². The van der Waals surface area contributed by atoms with Gasteiger partial charge in [0.25, 0.3) is 0 Å². The SMILES string of the molecule is CCCCCCCCC(CCCCCCCC)n1c2cc(B3OC(C)C(C)(C)O3)ccc2c2ccc(B3OC(C)(C)C(C)(C)O3)cc21. The fourth-order valence-corrected chi connectivity index (χ4v) is 7.37. The van der Waals surface area contributed by atoms with Gasteiger partial charge in [-0.3, -0.25) is 0 Å². The zero-order chi connectivity index (χ0) is 33.8. The molecule has 7 heteroatoms. The third-order valence-corrected chi connectivity index (χ3v) is 11.5. The van der Waals surface area contributed by atoms with Crippen molar-refractivity contribution >= 4 is 47.0 Å². The molecule has 5 rings (SSSR count). The minimum Gasteiger partial charge on any atom is -0.402 e. The number of benzene rings is 2. The van der Waals surface area contributed by atoms with Crippen LogP contribution in [0.1, 0.15) is 158 Å². The van der Waals surface area contributed by atoms with Crippen molar-refractivity contribution in [3.63, 3.8) is 0 Å². The second-order valence-corrected chi connectivity index (χ2v) is 16.1. The molecular formula is C40H63B2NO4. The van der Waals surface area contributed by atoms with Crippen molar-refractivity contribution in [3.05, 3.63) is 36.4 Å². The second-order valence-electron chi connectivity index (χ2n) is 16.1. The van der Waals surface area contributed by atoms with Gasteiger partial charge in [-0.15, -0.1) is 0 Å². The minimum atomic E-state index is -0.383. The summed E-state index contributed by atoms with van der Waals surface area (Å²) >= 11 is 0. The van der Waals surface area contributed by atoms with E-state index in [0.29, 0.717) is 6.04 Å². The van der Waals surface area contributed by atoms with Gasteiger partial charge in [0.05, 0.1) is 22.9 Å². The van der Waals surface area contributed by atoms with Gasteiger partial charge in [0.2, 0.25) is 0 Å². The predicted octanol–water partition coefficient (Wildman–Crippen LogP) is 10.0. The predicted molar refractivity (Wildman–Crippen MR) is 201 cm³/mol. The molecule has 1 atom stereocenters. The highest BCUT2D eigenvalue weighted by atomic mass is 16.7. The number of hydrogen-bond donors (Lipinski definition) is 0. The molecule has 1 unspecified atom stereocenters. The van der Waals surface area contributed by atoms with E-state index < -0.39 is 0 Å². The monoisotopic (exact) mass is 643 g/mol. The highest BCUT2D eigenvalue weighted by Crippen LogP contribution is 2.39. The summed E-state index contributed by atoms with van der Waals surface area (Å²) in [7, 11) is -0.738. The Labute approximate surface area is 287 Å². The summed E-state index contributed by atoms with van der Waals surface area (Å²) in [6, 6.07) is 14.2. The van der Waals surface area contributed by atoms with Gasteiger partial charge >= 0.3 is 14.2 Å². The first-order valence-corrected chi connectivity index (χ1v) is 19.1. The summed E-state index contributed by atoms with van der Waals surface area (Å²) in [5.74, 6) is 0. The number of nitrogens with zero attached hydrogens (tertiary/aromatic N) is 1. The van der Waals surface area contributed by atoms with Crippen LogP contribution < -0.4 is 10.9 Å². The molecule has 1 aromatic heterocycles. The molecule has 2 aromatic carbocycles. The number of aromatic nitrogens is 1. The van der Waals surface area contributed by atoms with Crippen LogP contribution in [0.15, 0.2) is 36.4 Å². The highest BCUT2D eigenvalue weighted by Gasteiger charge is 2.52. The zero-order valence-electron chi connectivity index (χ0n) is 31.3. The Balaban J connectivity index is 1.55. The average molecular weight is 644 g/mol. The van der Waals surface area contributed by atoms with Gasteiger partial charge in [0, 0.05) is 27.8 Å². The lowest BCUT2D eigenvalue weighted by Gasteiger charge is -2.32. The van der Waals surface area contributed by atoms with E-state index in [9.17, 15) is 0 Å². The van der Waals surface area contributed by atoms with Crippen LogP contribution >= 0.6 is 0 Å². The molecule has 3 aromatic rings. The Morgan fingerprint density at radius 3 is 1.51 bits per heavy atom. The maximum absolute atomic E-state index is 6.55. The van der Waals surface area contributed by atoms with Gasteiger partial charge in [0.15, 0.2) is 0 Å². The molecule has 0 amide bonds. The Kier molecular flexibility index (Phi) is 12.0. The van der Waals surface area contributed by atoms with Gasteiger partial charge in [0.1, 0.15) is 0 Å². The molecule has 2 fully saturated rings. The quantitative estimate of drug-likeness (QED) is 0.108. The Hall–Kier alpha value is -1.79. The smallest absolute Gasteiger partial charge is 0.402 e. The zero-order valence-corrected chi connectivity index (χ0v) is 31.3. The van der Waals surface area contributed by atoms with Crippen LogP contribution in [0.3, 0.4) is 0 Å². The summed E-state index contributed by atoms with van der Waals surface area (Å²) in [5, 5.41) is 2.59. The third kappa shape index (κ3) is 8.17. The van der Waals surface area contributed by atoms with E-state index in [2.05, 4.69) is 103 Å². The molecule has 0 bridgehead atoms. The van der Waals surface area contributed by atoms with E-state index in [0.717, 1.165) is 10.9 Å². The van der Waals surface area contributed by atoms with Gasteiger partial charge in [-0.25, -0.2) is 0 Å². The topological polar surface area (TPSA) is 41.9 Å². The van der Waals surface area contributed by atoms with Crippen LogP contribution in [-0.4, -0.2) is 41.7 Å². The lowest BCUT2D eigenvalue weighted by Crippen LogP contribution is -2.41. The van der Waals surface area contributed by atoms with E-state index in [-0.39, 0.29) is 37.1 Å². The molecule has 5 nitrogen and oxygen atoms in total. The summed E-state index contributed by atoms with van der Waals surface area (Å²) in [6.45, 7) is 19.5. The van der Waals surface area contributed by atoms with Crippen LogP contribution in [0.2, 0.25) is 0 Å². The van der Waals surface area contributed by atoms with Crippen molar-refractivity contribution in [1.82, 2.24) is 4.57 Å². The van der Waals surface area contributed by atoms with E-state index >= 15 is 0 Å². The lowest BCUT2D eigenvalue weighted by atomic mass is 9.78. The summed E-state index contributed by atoms with van der Waals surface area (Å²) in [4.78, 5) is 0. The van der Waals surface area contributed by atoms with Crippen molar-refractivity contribution in [2.75, 3.05) is 0 Å². The number of unbranched alkanes of at least 4 members (excludes halogenated alkanes) is 10. The molecule has 0 radical (unpaired) electrons. The molecular weight excluding hydrogens is 580 g/mol. The maximum atomic E-state index is 6.55. The third-order valence-electron chi connectivity index (χ3n) is 11.5. The van der Waals surface area contributed by atoms with Gasteiger partial charge in [-0.05, 0) is 84.4 Å². The summed E-state index contributed by atoms with van der Waals surface area (Å²) in [6.07, 6.45) is 18.2. The average Bonchev–Trinajstić information content (AvgIpc) is 3.58. The largest absolute Gasteiger partial charge is 0.494 e. The van der Waals surface area contributed by atoms with Crippen LogP contribution in [0.25, 0.3) is 21.8 Å². The summed E-state index contributed by atoms with van der Waals surface area (Å²) < 4.78 is 28.6. The van der Waals surface area contributed by atoms with Crippen LogP contribution in [0, 0.1) is 0 Å². The second kappa shape index (κ2) is 15.4. The van der Waals surface area contributed by atoms with Crippen molar-refractivity contribution in [1.29, 1.82) is 0 Å². The van der Waals surface area contributed by atoms with E-state index in [1.165, 1.54) is 112 Å². The fourth-order valence-electron chi connectivity index (χ4n) is 7.37. The number of rotatable bonds is 17. The molecule has 0 spiro atoms. The molecule has 2 saturated heterocycles. The normalized spacial score (nSPS) is 20.4. The Morgan fingerprint density at radius 1 is 0.617 bits per heavy atom. The first kappa shape index (κ1) is 36.5. The standard InChI is InChI=1S/C40H63B2NO4/c1-10-12-14-16-18-20-22-33(23-21-19-17-15-13-11-2)43-36-28-31(41-44-30(3)38(4,5)45-41)24-26-34(36)35-27-25-32(29-37(35)43)42-46-39(6,7)40(8,9)47-42/h24-30,33H,10-23H2,1-9H3. The first-order chi connectivity index (χ1) is 22.4. The van der Waals surface area contributed by atoms with Gasteiger partial charge in [-0.1, -0.05) is 115 Å². The Morgan fingerprint density at radius 2 is 1.06 bits per heavy atom. The highest BCUT2D eigenvalue weighted by molar-refractivity contribution is 6.63. The first-order valence-electron chi connectivity index (χ1n) is 19.1. The van der Waals surface area contributed by atoms with Gasteiger partial charge < -0.3 is 23.2 Å². The minimum absolute atomic E-state index is 0.0321. The molecule has 3 heterocycles. The van der Waals surface area contributed by atoms with Gasteiger partial charge in [-0.2, -0.15) is 0 Å². The molecule has 0 saturated carbocycles. The summed E-state index contributed by atoms with van der Waals surface area (Å²) in [5.41, 5.74) is 3.70. The molecule has 258 valence electrons. The van der Waals surface area contributed by atoms with E-state index in [1.54, 1.807) is 0 Å². The van der Waals surface area contributed by atoms with Crippen molar-refractivity contribution in [2.24, 2.45) is 0 Å². The van der Waals surface area contributed by atoms with Crippen LogP contribution in [-0.2, 0) is 18.6 Å². The molecule has 2 aliphatic heterocycles.